The number of furan rings is 1. The molecule has 7 nitrogen and oxygen atoms in total. The number of aromatic nitrogens is 2. The van der Waals surface area contributed by atoms with Crippen molar-refractivity contribution in [1.82, 2.24) is 10.2 Å². The number of hydrogen-bond acceptors (Lipinski definition) is 5. The van der Waals surface area contributed by atoms with E-state index in [1.165, 1.54) is 5.56 Å². The van der Waals surface area contributed by atoms with Crippen LogP contribution in [-0.2, 0) is 11.3 Å². The van der Waals surface area contributed by atoms with E-state index in [1.807, 2.05) is 19.1 Å². The molecule has 3 aromatic rings. The summed E-state index contributed by atoms with van der Waals surface area (Å²) >= 11 is 0. The van der Waals surface area contributed by atoms with Gasteiger partial charge in [-0.05, 0) is 49.1 Å². The number of quaternary nitrogens is 1. The van der Waals surface area contributed by atoms with Gasteiger partial charge in [0.05, 0.1) is 12.8 Å². The molecule has 0 fully saturated rings. The number of anilines is 1. The lowest BCUT2D eigenvalue weighted by molar-refractivity contribution is -0.928. The third-order valence-electron chi connectivity index (χ3n) is 5.00. The van der Waals surface area contributed by atoms with Crippen LogP contribution in [0.15, 0.2) is 51.5 Å². The van der Waals surface area contributed by atoms with Gasteiger partial charge in [-0.15, -0.1) is 10.2 Å². The molecule has 7 heteroatoms. The van der Waals surface area contributed by atoms with Crippen LogP contribution in [0.25, 0.3) is 11.7 Å². The van der Waals surface area contributed by atoms with Gasteiger partial charge in [-0.1, -0.05) is 32.9 Å². The SMILES string of the molecule is CCC[NH+](Cc1nnc(-c2ccco2)o1)[C@H](C)C(=O)Nc1ccc(C(C)C)cc1. The molecule has 1 amide bonds. The van der Waals surface area contributed by atoms with Crippen LogP contribution >= 0.6 is 0 Å². The number of benzene rings is 1. The van der Waals surface area contributed by atoms with Crippen LogP contribution in [0.4, 0.5) is 5.69 Å². The Balaban J connectivity index is 1.65. The smallest absolute Gasteiger partial charge is 0.283 e. The van der Waals surface area contributed by atoms with Crippen molar-refractivity contribution in [3.63, 3.8) is 0 Å². The van der Waals surface area contributed by atoms with E-state index in [0.717, 1.165) is 23.6 Å². The molecule has 2 heterocycles. The van der Waals surface area contributed by atoms with Crippen LogP contribution in [0, 0.1) is 0 Å². The number of carbonyl (C=O) groups excluding carboxylic acids is 1. The molecular formula is C22H29N4O3+. The molecule has 0 spiro atoms. The third-order valence-corrected chi connectivity index (χ3v) is 5.00. The number of nitrogens with one attached hydrogen (secondary N) is 2. The Morgan fingerprint density at radius 1 is 1.14 bits per heavy atom. The molecule has 0 saturated heterocycles. The van der Waals surface area contributed by atoms with Crippen molar-refractivity contribution in [2.45, 2.75) is 52.6 Å². The second-order valence-corrected chi connectivity index (χ2v) is 7.55. The van der Waals surface area contributed by atoms with E-state index in [4.69, 9.17) is 8.83 Å². The number of hydrogen-bond donors (Lipinski definition) is 2. The molecular weight excluding hydrogens is 368 g/mol. The zero-order chi connectivity index (χ0) is 20.8. The minimum atomic E-state index is -0.265. The van der Waals surface area contributed by atoms with Gasteiger partial charge in [0.25, 0.3) is 17.7 Å². The van der Waals surface area contributed by atoms with Crippen LogP contribution in [-0.4, -0.2) is 28.7 Å². The van der Waals surface area contributed by atoms with E-state index in [2.05, 4.69) is 48.4 Å². The van der Waals surface area contributed by atoms with Gasteiger partial charge in [0.1, 0.15) is 0 Å². The minimum Gasteiger partial charge on any atom is -0.459 e. The van der Waals surface area contributed by atoms with Crippen molar-refractivity contribution >= 4 is 11.6 Å². The molecule has 1 aromatic carbocycles. The Labute approximate surface area is 171 Å². The van der Waals surface area contributed by atoms with Crippen molar-refractivity contribution in [3.05, 3.63) is 54.1 Å². The lowest BCUT2D eigenvalue weighted by atomic mass is 10.0. The van der Waals surface area contributed by atoms with E-state index in [0.29, 0.717) is 30.0 Å². The summed E-state index contributed by atoms with van der Waals surface area (Å²) in [6.07, 6.45) is 2.50. The molecule has 1 unspecified atom stereocenters. The van der Waals surface area contributed by atoms with Crippen molar-refractivity contribution in [3.8, 4) is 11.7 Å². The Bertz CT molecular complexity index is 901. The van der Waals surface area contributed by atoms with Gasteiger partial charge in [0, 0.05) is 5.69 Å². The van der Waals surface area contributed by atoms with Crippen LogP contribution in [0.1, 0.15) is 51.5 Å². The van der Waals surface area contributed by atoms with Crippen LogP contribution < -0.4 is 10.2 Å². The number of carbonyl (C=O) groups is 1. The Morgan fingerprint density at radius 3 is 2.52 bits per heavy atom. The molecule has 0 aliphatic carbocycles. The number of rotatable bonds is 9. The largest absolute Gasteiger partial charge is 0.459 e. The van der Waals surface area contributed by atoms with Gasteiger partial charge in [0.2, 0.25) is 0 Å². The van der Waals surface area contributed by atoms with Gasteiger partial charge in [0.15, 0.2) is 18.3 Å². The summed E-state index contributed by atoms with van der Waals surface area (Å²) in [5, 5.41) is 11.2. The zero-order valence-corrected chi connectivity index (χ0v) is 17.4. The van der Waals surface area contributed by atoms with Crippen molar-refractivity contribution in [2.75, 3.05) is 11.9 Å². The number of nitrogens with zero attached hydrogens (tertiary/aromatic N) is 2. The Kier molecular flexibility index (Phi) is 6.82. The predicted molar refractivity (Wildman–Crippen MR) is 110 cm³/mol. The normalized spacial score (nSPS) is 13.4. The van der Waals surface area contributed by atoms with Gasteiger partial charge < -0.3 is 19.1 Å². The van der Waals surface area contributed by atoms with Crippen molar-refractivity contribution in [1.29, 1.82) is 0 Å². The summed E-state index contributed by atoms with van der Waals surface area (Å²) in [7, 11) is 0. The van der Waals surface area contributed by atoms with Gasteiger partial charge >= 0.3 is 0 Å². The molecule has 154 valence electrons. The summed E-state index contributed by atoms with van der Waals surface area (Å²) in [5.41, 5.74) is 2.05. The van der Waals surface area contributed by atoms with Gasteiger partial charge in [-0.25, -0.2) is 0 Å². The first kappa shape index (κ1) is 20.8. The average molecular weight is 397 g/mol. The lowest BCUT2D eigenvalue weighted by Crippen LogP contribution is -3.15. The molecule has 0 aliphatic heterocycles. The topological polar surface area (TPSA) is 85.6 Å². The third kappa shape index (κ3) is 5.32. The maximum atomic E-state index is 12.8. The highest BCUT2D eigenvalue weighted by atomic mass is 16.4. The highest BCUT2D eigenvalue weighted by Gasteiger charge is 2.27. The molecule has 0 saturated carbocycles. The fourth-order valence-corrected chi connectivity index (χ4v) is 3.19. The summed E-state index contributed by atoms with van der Waals surface area (Å²) in [4.78, 5) is 13.9. The van der Waals surface area contributed by atoms with E-state index < -0.39 is 0 Å². The molecule has 0 radical (unpaired) electrons. The monoisotopic (exact) mass is 397 g/mol. The van der Waals surface area contributed by atoms with E-state index in [-0.39, 0.29) is 11.9 Å². The van der Waals surface area contributed by atoms with Crippen LogP contribution in [0.2, 0.25) is 0 Å². The lowest BCUT2D eigenvalue weighted by Gasteiger charge is -2.23. The number of amides is 1. The minimum absolute atomic E-state index is 0.0310. The second-order valence-electron chi connectivity index (χ2n) is 7.55. The van der Waals surface area contributed by atoms with Crippen molar-refractivity contribution < 1.29 is 18.5 Å². The maximum Gasteiger partial charge on any atom is 0.283 e. The fraction of sp³-hybridized carbons (Fsp3) is 0.409. The molecule has 29 heavy (non-hydrogen) atoms. The summed E-state index contributed by atoms with van der Waals surface area (Å²) < 4.78 is 11.0. The quantitative estimate of drug-likeness (QED) is 0.579. The molecule has 0 aliphatic rings. The highest BCUT2D eigenvalue weighted by Crippen LogP contribution is 2.18. The van der Waals surface area contributed by atoms with E-state index in [1.54, 1.807) is 18.4 Å². The molecule has 0 bridgehead atoms. The predicted octanol–water partition coefficient (Wildman–Crippen LogP) is 3.28. The zero-order valence-electron chi connectivity index (χ0n) is 17.4. The molecule has 2 atom stereocenters. The Hall–Kier alpha value is -2.93. The first-order valence-electron chi connectivity index (χ1n) is 10.1. The average Bonchev–Trinajstić information content (AvgIpc) is 3.39. The van der Waals surface area contributed by atoms with Gasteiger partial charge in [-0.3, -0.25) is 4.79 Å². The summed E-state index contributed by atoms with van der Waals surface area (Å²) in [6, 6.07) is 11.3. The highest BCUT2D eigenvalue weighted by molar-refractivity contribution is 5.93. The van der Waals surface area contributed by atoms with Crippen molar-refractivity contribution in [2.24, 2.45) is 0 Å². The standard InChI is InChI=1S/C22H28N4O3/c1-5-12-26(14-20-24-25-22(29-20)19-7-6-13-28-19)16(4)21(27)23-18-10-8-17(9-11-18)15(2)3/h6-11,13,15-16H,5,12,14H2,1-4H3,(H,23,27)/p+1/t16-/m1/s1. The molecule has 2 N–H and O–H groups in total. The summed E-state index contributed by atoms with van der Waals surface area (Å²) in [5.74, 6) is 1.81. The molecule has 3 rings (SSSR count). The first-order valence-corrected chi connectivity index (χ1v) is 10.1. The summed E-state index contributed by atoms with van der Waals surface area (Å²) in [6.45, 7) is 9.61. The van der Waals surface area contributed by atoms with E-state index in [9.17, 15) is 4.79 Å². The van der Waals surface area contributed by atoms with Crippen LogP contribution in [0.5, 0.6) is 0 Å². The Morgan fingerprint density at radius 2 is 1.90 bits per heavy atom. The maximum absolute atomic E-state index is 12.8. The fourth-order valence-electron chi connectivity index (χ4n) is 3.19. The van der Waals surface area contributed by atoms with E-state index >= 15 is 0 Å². The van der Waals surface area contributed by atoms with Crippen LogP contribution in [0.3, 0.4) is 0 Å². The van der Waals surface area contributed by atoms with Gasteiger partial charge in [-0.2, -0.15) is 0 Å². The molecule has 2 aromatic heterocycles. The second kappa shape index (κ2) is 9.52. The first-order chi connectivity index (χ1) is 14.0.